The van der Waals surface area contributed by atoms with Crippen molar-refractivity contribution >= 4 is 17.3 Å². The number of aliphatic imine (C=N–C) groups is 1. The van der Waals surface area contributed by atoms with Gasteiger partial charge in [0, 0.05) is 35.0 Å². The molecule has 0 spiro atoms. The predicted molar refractivity (Wildman–Crippen MR) is 138 cm³/mol. The maximum absolute atomic E-state index is 12.7. The molecule has 0 saturated carbocycles. The lowest BCUT2D eigenvalue weighted by molar-refractivity contribution is 0.102. The molecule has 0 bridgehead atoms. The first-order valence-corrected chi connectivity index (χ1v) is 12.1. The Morgan fingerprint density at radius 2 is 1.91 bits per heavy atom. The van der Waals surface area contributed by atoms with E-state index in [1.807, 2.05) is 31.2 Å². The van der Waals surface area contributed by atoms with Crippen molar-refractivity contribution in [2.75, 3.05) is 11.9 Å². The molecule has 0 radical (unpaired) electrons. The monoisotopic (exact) mass is 469 g/mol. The first-order valence-electron chi connectivity index (χ1n) is 12.1. The van der Waals surface area contributed by atoms with Crippen molar-refractivity contribution in [2.45, 2.75) is 58.6 Å². The summed E-state index contributed by atoms with van der Waals surface area (Å²) in [4.78, 5) is 22.0. The highest BCUT2D eigenvalue weighted by molar-refractivity contribution is 6.16. The topological polar surface area (TPSA) is 72.8 Å². The van der Waals surface area contributed by atoms with Crippen LogP contribution in [0, 0.1) is 0 Å². The molecule has 6 nitrogen and oxygen atoms in total. The number of ether oxygens (including phenoxy) is 2. The summed E-state index contributed by atoms with van der Waals surface area (Å²) in [5, 5.41) is 2.97. The smallest absolute Gasteiger partial charge is 0.274 e. The number of amides is 1. The molecule has 0 unspecified atom stereocenters. The summed E-state index contributed by atoms with van der Waals surface area (Å²) in [6, 6.07) is 15.3. The Morgan fingerprint density at radius 1 is 1.09 bits per heavy atom. The summed E-state index contributed by atoms with van der Waals surface area (Å²) in [7, 11) is 0. The third-order valence-corrected chi connectivity index (χ3v) is 6.27. The average molecular weight is 470 g/mol. The molecule has 2 aliphatic heterocycles. The Kier molecular flexibility index (Phi) is 5.62. The van der Waals surface area contributed by atoms with Gasteiger partial charge in [-0.1, -0.05) is 18.2 Å². The van der Waals surface area contributed by atoms with Gasteiger partial charge in [-0.2, -0.15) is 0 Å². The lowest BCUT2D eigenvalue weighted by atomic mass is 9.81. The van der Waals surface area contributed by atoms with Gasteiger partial charge >= 0.3 is 0 Å². The number of hydrogen-bond acceptors (Lipinski definition) is 5. The molecule has 1 aromatic heterocycles. The number of pyridine rings is 1. The number of hydrogen-bond donors (Lipinski definition) is 1. The van der Waals surface area contributed by atoms with Crippen LogP contribution in [0.3, 0.4) is 0 Å². The van der Waals surface area contributed by atoms with Crippen LogP contribution in [0.25, 0.3) is 0 Å². The SMILES string of the molecule is CCOc1cc2c(c3c1OC(C)(C)C3)C(c1cccc(NC(=O)c3ccccn3)c1)=NC(C)(C)C2. The Bertz CT molecular complexity index is 1330. The molecule has 0 atom stereocenters. The van der Waals surface area contributed by atoms with E-state index < -0.39 is 0 Å². The lowest BCUT2D eigenvalue weighted by Crippen LogP contribution is -2.30. The Morgan fingerprint density at radius 3 is 2.66 bits per heavy atom. The molecular formula is C29H31N3O3. The average Bonchev–Trinajstić information content (AvgIpc) is 3.14. The number of carbonyl (C=O) groups excluding carboxylic acids is 1. The van der Waals surface area contributed by atoms with Gasteiger partial charge in [0.15, 0.2) is 11.5 Å². The van der Waals surface area contributed by atoms with E-state index in [0.717, 1.165) is 46.7 Å². The van der Waals surface area contributed by atoms with Gasteiger partial charge in [-0.05, 0) is 76.9 Å². The second-order valence-corrected chi connectivity index (χ2v) is 10.4. The largest absolute Gasteiger partial charge is 0.490 e. The van der Waals surface area contributed by atoms with Gasteiger partial charge in [0.05, 0.1) is 17.9 Å². The van der Waals surface area contributed by atoms with Crippen LogP contribution in [0.2, 0.25) is 0 Å². The summed E-state index contributed by atoms with van der Waals surface area (Å²) in [6.45, 7) is 11.1. The van der Waals surface area contributed by atoms with E-state index in [1.165, 1.54) is 5.56 Å². The molecule has 1 N–H and O–H groups in total. The van der Waals surface area contributed by atoms with Crippen LogP contribution in [-0.2, 0) is 12.8 Å². The van der Waals surface area contributed by atoms with E-state index in [4.69, 9.17) is 14.5 Å². The Labute approximate surface area is 206 Å². The van der Waals surface area contributed by atoms with Crippen LogP contribution < -0.4 is 14.8 Å². The van der Waals surface area contributed by atoms with Crippen LogP contribution in [-0.4, -0.2) is 34.3 Å². The molecule has 0 fully saturated rings. The second-order valence-electron chi connectivity index (χ2n) is 10.4. The lowest BCUT2D eigenvalue weighted by Gasteiger charge is -2.31. The van der Waals surface area contributed by atoms with Gasteiger partial charge in [0.25, 0.3) is 5.91 Å². The number of rotatable bonds is 5. The van der Waals surface area contributed by atoms with Crippen molar-refractivity contribution in [1.29, 1.82) is 0 Å². The number of aromatic nitrogens is 1. The summed E-state index contributed by atoms with van der Waals surface area (Å²) in [5.41, 5.74) is 5.84. The van der Waals surface area contributed by atoms with Crippen LogP contribution in [0.15, 0.2) is 59.7 Å². The van der Waals surface area contributed by atoms with Gasteiger partial charge in [-0.3, -0.25) is 14.8 Å². The van der Waals surface area contributed by atoms with Gasteiger partial charge in [0.1, 0.15) is 11.3 Å². The molecule has 5 rings (SSSR count). The highest BCUT2D eigenvalue weighted by atomic mass is 16.5. The minimum absolute atomic E-state index is 0.244. The first-order chi connectivity index (χ1) is 16.7. The maximum Gasteiger partial charge on any atom is 0.274 e. The van der Waals surface area contributed by atoms with Crippen LogP contribution in [0.1, 0.15) is 67.4 Å². The third-order valence-electron chi connectivity index (χ3n) is 6.27. The van der Waals surface area contributed by atoms with E-state index >= 15 is 0 Å². The summed E-state index contributed by atoms with van der Waals surface area (Å²) < 4.78 is 12.4. The molecule has 35 heavy (non-hydrogen) atoms. The van der Waals surface area contributed by atoms with Crippen molar-refractivity contribution < 1.29 is 14.3 Å². The highest BCUT2D eigenvalue weighted by Gasteiger charge is 2.39. The fraction of sp³-hybridized carbons (Fsp3) is 0.345. The highest BCUT2D eigenvalue weighted by Crippen LogP contribution is 2.48. The van der Waals surface area contributed by atoms with Crippen molar-refractivity contribution in [2.24, 2.45) is 4.99 Å². The second kappa shape index (κ2) is 8.52. The normalized spacial score (nSPS) is 17.0. The predicted octanol–water partition coefficient (Wildman–Crippen LogP) is 5.62. The van der Waals surface area contributed by atoms with Crippen molar-refractivity contribution in [3.8, 4) is 11.5 Å². The van der Waals surface area contributed by atoms with E-state index in [1.54, 1.807) is 24.4 Å². The number of fused-ring (bicyclic) bond motifs is 3. The first kappa shape index (κ1) is 23.1. The molecule has 3 heterocycles. The minimum Gasteiger partial charge on any atom is -0.490 e. The van der Waals surface area contributed by atoms with Gasteiger partial charge in [0.2, 0.25) is 0 Å². The zero-order valence-corrected chi connectivity index (χ0v) is 20.9. The zero-order valence-electron chi connectivity index (χ0n) is 20.9. The standard InChI is InChI=1S/C29H31N3O3/c1-6-34-23-15-19-16-28(2,3)32-25(24(19)21-17-29(4,5)35-26(21)23)18-10-9-11-20(14-18)31-27(33)22-12-7-8-13-30-22/h7-15H,6,16-17H2,1-5H3,(H,31,33). The molecular weight excluding hydrogens is 438 g/mol. The molecule has 6 heteroatoms. The summed E-state index contributed by atoms with van der Waals surface area (Å²) in [6.07, 6.45) is 3.21. The van der Waals surface area contributed by atoms with E-state index in [9.17, 15) is 4.79 Å². The molecule has 2 aromatic carbocycles. The number of nitrogens with zero attached hydrogens (tertiary/aromatic N) is 2. The van der Waals surface area contributed by atoms with Crippen molar-refractivity contribution in [3.05, 3.63) is 82.7 Å². The fourth-order valence-corrected chi connectivity index (χ4v) is 4.98. The Hall–Kier alpha value is -3.67. The van der Waals surface area contributed by atoms with E-state index in [-0.39, 0.29) is 17.0 Å². The number of carbonyl (C=O) groups is 1. The molecule has 0 saturated heterocycles. The zero-order chi connectivity index (χ0) is 24.8. The fourth-order valence-electron chi connectivity index (χ4n) is 4.98. The minimum atomic E-state index is -0.320. The quantitative estimate of drug-likeness (QED) is 0.527. The van der Waals surface area contributed by atoms with Crippen molar-refractivity contribution in [1.82, 2.24) is 4.98 Å². The summed E-state index contributed by atoms with van der Waals surface area (Å²) >= 11 is 0. The summed E-state index contributed by atoms with van der Waals surface area (Å²) in [5.74, 6) is 1.38. The number of benzene rings is 2. The van der Waals surface area contributed by atoms with Gasteiger partial charge in [-0.25, -0.2) is 0 Å². The van der Waals surface area contributed by atoms with Gasteiger partial charge < -0.3 is 14.8 Å². The molecule has 2 aliphatic rings. The molecule has 180 valence electrons. The maximum atomic E-state index is 12.7. The van der Waals surface area contributed by atoms with E-state index in [2.05, 4.69) is 44.1 Å². The van der Waals surface area contributed by atoms with Crippen LogP contribution in [0.4, 0.5) is 5.69 Å². The molecule has 1 amide bonds. The number of nitrogens with one attached hydrogen (secondary N) is 1. The van der Waals surface area contributed by atoms with E-state index in [0.29, 0.717) is 18.0 Å². The Balaban J connectivity index is 1.59. The van der Waals surface area contributed by atoms with Crippen molar-refractivity contribution in [3.63, 3.8) is 0 Å². The third kappa shape index (κ3) is 4.53. The van der Waals surface area contributed by atoms with Crippen LogP contribution >= 0.6 is 0 Å². The van der Waals surface area contributed by atoms with Gasteiger partial charge in [-0.15, -0.1) is 0 Å². The molecule has 0 aliphatic carbocycles. The molecule has 3 aromatic rings. The number of anilines is 1. The van der Waals surface area contributed by atoms with Crippen LogP contribution in [0.5, 0.6) is 11.5 Å².